The normalized spacial score (nSPS) is 14.8. The highest BCUT2D eigenvalue weighted by Gasteiger charge is 2.21. The summed E-state index contributed by atoms with van der Waals surface area (Å²) in [6.45, 7) is 9.91. The monoisotopic (exact) mass is 275 g/mol. The summed E-state index contributed by atoms with van der Waals surface area (Å²) in [5.74, 6) is 1.94. The molecule has 1 aliphatic rings. The van der Waals surface area contributed by atoms with Gasteiger partial charge in [0.25, 0.3) is 0 Å². The Bertz CT molecular complexity index is 397. The highest BCUT2D eigenvalue weighted by molar-refractivity contribution is 5.46. The Hall–Kier alpha value is -1.09. The van der Waals surface area contributed by atoms with Gasteiger partial charge in [-0.25, -0.2) is 4.98 Å². The zero-order valence-corrected chi connectivity index (χ0v) is 13.2. The van der Waals surface area contributed by atoms with Crippen molar-refractivity contribution in [2.45, 2.75) is 59.0 Å². The maximum Gasteiger partial charge on any atom is 0.133 e. The number of aromatic nitrogens is 1. The summed E-state index contributed by atoms with van der Waals surface area (Å²) < 4.78 is 0. The maximum atomic E-state index is 4.66. The molecular formula is C17H29N3. The summed E-state index contributed by atoms with van der Waals surface area (Å²) in [5, 5.41) is 3.61. The standard InChI is InChI=1S/C17H29N3/c1-4-14(5-2)13-20(6-3)17-15(8-7-11-18-17)12-19-16-9-10-16/h7-8,11,14,16,19H,4-6,9-10,12-13H2,1-3H3. The van der Waals surface area contributed by atoms with E-state index in [0.717, 1.165) is 31.6 Å². The van der Waals surface area contributed by atoms with Crippen molar-refractivity contribution in [3.05, 3.63) is 23.9 Å². The minimum atomic E-state index is 0.747. The molecule has 2 rings (SSSR count). The lowest BCUT2D eigenvalue weighted by Crippen LogP contribution is -2.31. The van der Waals surface area contributed by atoms with Gasteiger partial charge in [0.1, 0.15) is 5.82 Å². The summed E-state index contributed by atoms with van der Waals surface area (Å²) in [4.78, 5) is 7.10. The van der Waals surface area contributed by atoms with Gasteiger partial charge in [-0.15, -0.1) is 0 Å². The third kappa shape index (κ3) is 4.20. The van der Waals surface area contributed by atoms with Gasteiger partial charge in [0.15, 0.2) is 0 Å². The van der Waals surface area contributed by atoms with Crippen molar-refractivity contribution in [2.75, 3.05) is 18.0 Å². The molecule has 3 nitrogen and oxygen atoms in total. The molecule has 20 heavy (non-hydrogen) atoms. The lowest BCUT2D eigenvalue weighted by molar-refractivity contribution is 0.483. The molecule has 0 radical (unpaired) electrons. The molecule has 0 aromatic carbocycles. The van der Waals surface area contributed by atoms with Crippen molar-refractivity contribution >= 4 is 5.82 Å². The summed E-state index contributed by atoms with van der Waals surface area (Å²) in [5.41, 5.74) is 1.34. The second-order valence-corrected chi connectivity index (χ2v) is 5.86. The van der Waals surface area contributed by atoms with E-state index in [2.05, 4.69) is 48.1 Å². The van der Waals surface area contributed by atoms with Crippen LogP contribution in [0.1, 0.15) is 52.0 Å². The van der Waals surface area contributed by atoms with Crippen molar-refractivity contribution < 1.29 is 0 Å². The van der Waals surface area contributed by atoms with Crippen LogP contribution in [0.5, 0.6) is 0 Å². The Morgan fingerprint density at radius 1 is 1.30 bits per heavy atom. The van der Waals surface area contributed by atoms with Crippen LogP contribution < -0.4 is 10.2 Å². The van der Waals surface area contributed by atoms with Crippen LogP contribution in [-0.4, -0.2) is 24.1 Å². The molecule has 0 amide bonds. The number of pyridine rings is 1. The molecule has 112 valence electrons. The molecule has 1 aromatic rings. The Morgan fingerprint density at radius 3 is 2.65 bits per heavy atom. The highest BCUT2D eigenvalue weighted by atomic mass is 15.2. The van der Waals surface area contributed by atoms with Gasteiger partial charge in [-0.2, -0.15) is 0 Å². The van der Waals surface area contributed by atoms with Crippen LogP contribution in [0.25, 0.3) is 0 Å². The van der Waals surface area contributed by atoms with E-state index in [1.807, 2.05) is 6.20 Å². The van der Waals surface area contributed by atoms with Gasteiger partial charge in [-0.1, -0.05) is 32.8 Å². The quantitative estimate of drug-likeness (QED) is 0.746. The zero-order valence-electron chi connectivity index (χ0n) is 13.2. The SMILES string of the molecule is CCC(CC)CN(CC)c1ncccc1CNC1CC1. The lowest BCUT2D eigenvalue weighted by Gasteiger charge is -2.28. The van der Waals surface area contributed by atoms with Gasteiger partial charge in [0, 0.05) is 37.4 Å². The second kappa shape index (κ2) is 7.63. The fraction of sp³-hybridized carbons (Fsp3) is 0.706. The average Bonchev–Trinajstić information content (AvgIpc) is 3.31. The van der Waals surface area contributed by atoms with E-state index in [1.165, 1.54) is 37.1 Å². The van der Waals surface area contributed by atoms with Crippen LogP contribution in [0, 0.1) is 5.92 Å². The minimum absolute atomic E-state index is 0.747. The Morgan fingerprint density at radius 2 is 2.05 bits per heavy atom. The molecule has 3 heteroatoms. The Kier molecular flexibility index (Phi) is 5.84. The minimum Gasteiger partial charge on any atom is -0.356 e. The predicted molar refractivity (Wildman–Crippen MR) is 86.1 cm³/mol. The van der Waals surface area contributed by atoms with E-state index in [4.69, 9.17) is 0 Å². The molecule has 1 fully saturated rings. The second-order valence-electron chi connectivity index (χ2n) is 5.86. The van der Waals surface area contributed by atoms with Gasteiger partial charge in [-0.05, 0) is 31.7 Å². The maximum absolute atomic E-state index is 4.66. The smallest absolute Gasteiger partial charge is 0.133 e. The molecule has 1 aliphatic carbocycles. The first kappa shape index (κ1) is 15.3. The van der Waals surface area contributed by atoms with Crippen molar-refractivity contribution in [3.8, 4) is 0 Å². The molecular weight excluding hydrogens is 246 g/mol. The first-order valence-electron chi connectivity index (χ1n) is 8.20. The first-order valence-corrected chi connectivity index (χ1v) is 8.20. The van der Waals surface area contributed by atoms with Crippen molar-refractivity contribution in [1.29, 1.82) is 0 Å². The molecule has 0 aliphatic heterocycles. The Balaban J connectivity index is 2.06. The number of rotatable bonds is 9. The predicted octanol–water partition coefficient (Wildman–Crippen LogP) is 3.60. The molecule has 0 unspecified atom stereocenters. The third-order valence-corrected chi connectivity index (χ3v) is 4.34. The number of nitrogens with one attached hydrogen (secondary N) is 1. The van der Waals surface area contributed by atoms with E-state index in [-0.39, 0.29) is 0 Å². The summed E-state index contributed by atoms with van der Waals surface area (Å²) >= 11 is 0. The highest BCUT2D eigenvalue weighted by Crippen LogP contribution is 2.23. The molecule has 1 saturated carbocycles. The number of hydrogen-bond acceptors (Lipinski definition) is 3. The molecule has 1 heterocycles. The van der Waals surface area contributed by atoms with Crippen LogP contribution in [-0.2, 0) is 6.54 Å². The zero-order chi connectivity index (χ0) is 14.4. The number of nitrogens with zero attached hydrogens (tertiary/aromatic N) is 2. The third-order valence-electron chi connectivity index (χ3n) is 4.34. The average molecular weight is 275 g/mol. The van der Waals surface area contributed by atoms with Gasteiger partial charge in [0.05, 0.1) is 0 Å². The van der Waals surface area contributed by atoms with Crippen molar-refractivity contribution in [3.63, 3.8) is 0 Å². The van der Waals surface area contributed by atoms with Crippen LogP contribution in [0.15, 0.2) is 18.3 Å². The summed E-state index contributed by atoms with van der Waals surface area (Å²) in [6, 6.07) is 5.02. The number of hydrogen-bond donors (Lipinski definition) is 1. The van der Waals surface area contributed by atoms with Crippen LogP contribution >= 0.6 is 0 Å². The van der Waals surface area contributed by atoms with E-state index in [0.29, 0.717) is 0 Å². The summed E-state index contributed by atoms with van der Waals surface area (Å²) in [6.07, 6.45) is 7.08. The van der Waals surface area contributed by atoms with E-state index in [1.54, 1.807) is 0 Å². The van der Waals surface area contributed by atoms with Crippen molar-refractivity contribution in [2.24, 2.45) is 5.92 Å². The van der Waals surface area contributed by atoms with E-state index < -0.39 is 0 Å². The topological polar surface area (TPSA) is 28.2 Å². The molecule has 0 bridgehead atoms. The first-order chi connectivity index (χ1) is 9.78. The van der Waals surface area contributed by atoms with Crippen LogP contribution in [0.4, 0.5) is 5.82 Å². The fourth-order valence-corrected chi connectivity index (χ4v) is 2.62. The van der Waals surface area contributed by atoms with E-state index in [9.17, 15) is 0 Å². The molecule has 1 aromatic heterocycles. The number of anilines is 1. The Labute approximate surface area is 123 Å². The van der Waals surface area contributed by atoms with Crippen LogP contribution in [0.3, 0.4) is 0 Å². The molecule has 0 saturated heterocycles. The fourth-order valence-electron chi connectivity index (χ4n) is 2.62. The van der Waals surface area contributed by atoms with Gasteiger partial charge >= 0.3 is 0 Å². The lowest BCUT2D eigenvalue weighted by atomic mass is 10.0. The summed E-state index contributed by atoms with van der Waals surface area (Å²) in [7, 11) is 0. The van der Waals surface area contributed by atoms with E-state index >= 15 is 0 Å². The largest absolute Gasteiger partial charge is 0.356 e. The molecule has 0 spiro atoms. The van der Waals surface area contributed by atoms with Crippen LogP contribution in [0.2, 0.25) is 0 Å². The van der Waals surface area contributed by atoms with Gasteiger partial charge in [-0.3, -0.25) is 0 Å². The molecule has 0 atom stereocenters. The van der Waals surface area contributed by atoms with Gasteiger partial charge in [0.2, 0.25) is 0 Å². The molecule has 1 N–H and O–H groups in total. The van der Waals surface area contributed by atoms with Gasteiger partial charge < -0.3 is 10.2 Å². The van der Waals surface area contributed by atoms with Crippen molar-refractivity contribution in [1.82, 2.24) is 10.3 Å².